The van der Waals surface area contributed by atoms with Crippen LogP contribution in [0.2, 0.25) is 0 Å². The molecule has 0 spiro atoms. The van der Waals surface area contributed by atoms with Gasteiger partial charge in [-0.3, -0.25) is 4.90 Å². The number of piperazine rings is 1. The van der Waals surface area contributed by atoms with E-state index in [0.717, 1.165) is 49.1 Å². The highest BCUT2D eigenvalue weighted by atomic mass is 16.5. The largest absolute Gasteiger partial charge is 0.497 e. The molecule has 176 valence electrons. The minimum absolute atomic E-state index is 0.0343. The number of nitrogens with zero attached hydrogens (tertiary/aromatic N) is 6. The molecule has 0 N–H and O–H groups in total. The Morgan fingerprint density at radius 2 is 1.55 bits per heavy atom. The molecule has 0 amide bonds. The van der Waals surface area contributed by atoms with E-state index in [9.17, 15) is 0 Å². The number of methoxy groups -OCH3 is 1. The van der Waals surface area contributed by atoms with Crippen LogP contribution in [0.15, 0.2) is 48.5 Å². The van der Waals surface area contributed by atoms with E-state index in [1.165, 1.54) is 5.69 Å². The third-order valence-corrected chi connectivity index (χ3v) is 6.00. The minimum atomic E-state index is -0.215. The summed E-state index contributed by atoms with van der Waals surface area (Å²) in [6.45, 7) is 12.7. The van der Waals surface area contributed by atoms with Gasteiger partial charge in [-0.1, -0.05) is 12.1 Å². The standard InChI is InChI=1S/C25H34N6O2/c1-6-33-22-11-7-19(8-12-22)23(24-26-27-28-31(24)25(2,3)4)30-17-15-29(16-18-30)20-9-13-21(32-5)14-10-20/h7-14,23H,6,15-18H2,1-5H3/t23-/m1/s1. The van der Waals surface area contributed by atoms with Crippen molar-refractivity contribution in [1.29, 1.82) is 0 Å². The monoisotopic (exact) mass is 450 g/mol. The van der Waals surface area contributed by atoms with Crippen molar-refractivity contribution >= 4 is 5.69 Å². The van der Waals surface area contributed by atoms with E-state index in [0.29, 0.717) is 6.61 Å². The fourth-order valence-corrected chi connectivity index (χ4v) is 4.31. The Morgan fingerprint density at radius 3 is 2.12 bits per heavy atom. The second-order valence-corrected chi connectivity index (χ2v) is 9.25. The zero-order valence-electron chi connectivity index (χ0n) is 20.2. The molecular formula is C25H34N6O2. The highest BCUT2D eigenvalue weighted by Crippen LogP contribution is 2.32. The Bertz CT molecular complexity index is 1020. The van der Waals surface area contributed by atoms with Gasteiger partial charge < -0.3 is 14.4 Å². The molecule has 33 heavy (non-hydrogen) atoms. The van der Waals surface area contributed by atoms with Gasteiger partial charge in [-0.25, -0.2) is 4.68 Å². The number of tetrazole rings is 1. The molecule has 8 heteroatoms. The van der Waals surface area contributed by atoms with Gasteiger partial charge in [0.05, 0.1) is 25.3 Å². The smallest absolute Gasteiger partial charge is 0.173 e. The van der Waals surface area contributed by atoms with Crippen molar-refractivity contribution in [3.05, 3.63) is 59.9 Å². The molecule has 1 saturated heterocycles. The number of hydrogen-bond donors (Lipinski definition) is 0. The van der Waals surface area contributed by atoms with Crippen molar-refractivity contribution in [2.45, 2.75) is 39.3 Å². The quantitative estimate of drug-likeness (QED) is 0.543. The molecule has 3 aromatic rings. The second-order valence-electron chi connectivity index (χ2n) is 9.25. The van der Waals surface area contributed by atoms with Crippen LogP contribution < -0.4 is 14.4 Å². The van der Waals surface area contributed by atoms with Gasteiger partial charge in [0, 0.05) is 31.9 Å². The maximum absolute atomic E-state index is 5.66. The van der Waals surface area contributed by atoms with Crippen LogP contribution in [-0.2, 0) is 5.54 Å². The van der Waals surface area contributed by atoms with Gasteiger partial charge in [0.2, 0.25) is 0 Å². The molecule has 1 aliphatic rings. The van der Waals surface area contributed by atoms with Gasteiger partial charge in [0.1, 0.15) is 11.5 Å². The molecule has 0 unspecified atom stereocenters. The lowest BCUT2D eigenvalue weighted by Gasteiger charge is -2.40. The molecule has 1 aromatic heterocycles. The van der Waals surface area contributed by atoms with Crippen LogP contribution >= 0.6 is 0 Å². The normalized spacial score (nSPS) is 16.0. The van der Waals surface area contributed by atoms with Gasteiger partial charge >= 0.3 is 0 Å². The SMILES string of the molecule is CCOc1ccc([C@H](c2nnnn2C(C)(C)C)N2CCN(c3ccc(OC)cc3)CC2)cc1. The Labute approximate surface area is 196 Å². The number of aromatic nitrogens is 4. The molecule has 4 rings (SSSR count). The van der Waals surface area contributed by atoms with Gasteiger partial charge in [0.15, 0.2) is 5.82 Å². The lowest BCUT2D eigenvalue weighted by atomic mass is 10.0. The molecule has 2 heterocycles. The van der Waals surface area contributed by atoms with Gasteiger partial charge in [0.25, 0.3) is 0 Å². The van der Waals surface area contributed by atoms with Crippen LogP contribution in [0.4, 0.5) is 5.69 Å². The van der Waals surface area contributed by atoms with Crippen molar-refractivity contribution in [3.63, 3.8) is 0 Å². The molecule has 2 aromatic carbocycles. The molecule has 0 aliphatic carbocycles. The van der Waals surface area contributed by atoms with Crippen molar-refractivity contribution in [3.8, 4) is 11.5 Å². The van der Waals surface area contributed by atoms with E-state index < -0.39 is 0 Å². The van der Waals surface area contributed by atoms with E-state index in [-0.39, 0.29) is 11.6 Å². The van der Waals surface area contributed by atoms with E-state index >= 15 is 0 Å². The Hall–Kier alpha value is -3.13. The summed E-state index contributed by atoms with van der Waals surface area (Å²) >= 11 is 0. The summed E-state index contributed by atoms with van der Waals surface area (Å²) in [5.74, 6) is 2.62. The summed E-state index contributed by atoms with van der Waals surface area (Å²) in [5.41, 5.74) is 2.16. The van der Waals surface area contributed by atoms with E-state index in [1.54, 1.807) is 7.11 Å². The summed E-state index contributed by atoms with van der Waals surface area (Å²) in [7, 11) is 1.69. The Kier molecular flexibility index (Phi) is 6.83. The number of rotatable bonds is 7. The summed E-state index contributed by atoms with van der Waals surface area (Å²) in [6, 6.07) is 16.6. The lowest BCUT2D eigenvalue weighted by Crippen LogP contribution is -2.48. The van der Waals surface area contributed by atoms with Crippen molar-refractivity contribution in [1.82, 2.24) is 25.1 Å². The summed E-state index contributed by atoms with van der Waals surface area (Å²) in [4.78, 5) is 4.89. The first-order valence-electron chi connectivity index (χ1n) is 11.5. The molecule has 1 fully saturated rings. The maximum atomic E-state index is 5.66. The number of anilines is 1. The predicted octanol–water partition coefficient (Wildman–Crippen LogP) is 3.75. The number of hydrogen-bond acceptors (Lipinski definition) is 7. The topological polar surface area (TPSA) is 68.5 Å². The zero-order valence-corrected chi connectivity index (χ0v) is 20.2. The number of ether oxygens (including phenoxy) is 2. The molecule has 8 nitrogen and oxygen atoms in total. The Morgan fingerprint density at radius 1 is 0.909 bits per heavy atom. The van der Waals surface area contributed by atoms with Crippen molar-refractivity contribution in [2.75, 3.05) is 44.8 Å². The fraction of sp³-hybridized carbons (Fsp3) is 0.480. The minimum Gasteiger partial charge on any atom is -0.497 e. The van der Waals surface area contributed by atoms with E-state index in [2.05, 4.69) is 70.4 Å². The fourth-order valence-electron chi connectivity index (χ4n) is 4.31. The van der Waals surface area contributed by atoms with E-state index in [1.807, 2.05) is 35.9 Å². The zero-order chi connectivity index (χ0) is 23.4. The molecule has 0 bridgehead atoms. The van der Waals surface area contributed by atoms with Crippen molar-refractivity contribution in [2.24, 2.45) is 0 Å². The summed E-state index contributed by atoms with van der Waals surface area (Å²) < 4.78 is 12.9. The summed E-state index contributed by atoms with van der Waals surface area (Å²) in [5, 5.41) is 12.9. The van der Waals surface area contributed by atoms with Crippen LogP contribution in [0.5, 0.6) is 11.5 Å². The van der Waals surface area contributed by atoms with Gasteiger partial charge in [-0.2, -0.15) is 0 Å². The lowest BCUT2D eigenvalue weighted by molar-refractivity contribution is 0.191. The van der Waals surface area contributed by atoms with Crippen LogP contribution in [0.1, 0.15) is 45.1 Å². The summed E-state index contributed by atoms with van der Waals surface area (Å²) in [6.07, 6.45) is 0. The van der Waals surface area contributed by atoms with E-state index in [4.69, 9.17) is 9.47 Å². The van der Waals surface area contributed by atoms with Crippen LogP contribution in [0.25, 0.3) is 0 Å². The third kappa shape index (κ3) is 5.11. The third-order valence-electron chi connectivity index (χ3n) is 6.00. The molecule has 0 saturated carbocycles. The van der Waals surface area contributed by atoms with Crippen LogP contribution in [0, 0.1) is 0 Å². The highest BCUT2D eigenvalue weighted by Gasteiger charge is 2.33. The van der Waals surface area contributed by atoms with Crippen molar-refractivity contribution < 1.29 is 9.47 Å². The molecule has 1 atom stereocenters. The molecule has 1 aliphatic heterocycles. The van der Waals surface area contributed by atoms with Crippen LogP contribution in [0.3, 0.4) is 0 Å². The first kappa shape index (κ1) is 23.0. The Balaban J connectivity index is 1.59. The van der Waals surface area contributed by atoms with Gasteiger partial charge in [-0.15, -0.1) is 5.10 Å². The number of benzene rings is 2. The predicted molar refractivity (Wildman–Crippen MR) is 129 cm³/mol. The molecular weight excluding hydrogens is 416 g/mol. The first-order valence-corrected chi connectivity index (χ1v) is 11.5. The highest BCUT2D eigenvalue weighted by molar-refractivity contribution is 5.49. The van der Waals surface area contributed by atoms with Gasteiger partial charge in [-0.05, 0) is 80.1 Å². The average Bonchev–Trinajstić information content (AvgIpc) is 3.31. The van der Waals surface area contributed by atoms with Crippen LogP contribution in [-0.4, -0.2) is 65.0 Å². The first-order chi connectivity index (χ1) is 15.9. The average molecular weight is 451 g/mol. The second kappa shape index (κ2) is 9.79. The molecule has 0 radical (unpaired) electrons. The maximum Gasteiger partial charge on any atom is 0.173 e.